The van der Waals surface area contributed by atoms with E-state index in [9.17, 15) is 0 Å². The fourth-order valence-electron chi connectivity index (χ4n) is 1.72. The highest BCUT2D eigenvalue weighted by Crippen LogP contribution is 2.20. The van der Waals surface area contributed by atoms with Gasteiger partial charge in [0.25, 0.3) is 0 Å². The van der Waals surface area contributed by atoms with Crippen molar-refractivity contribution in [2.24, 2.45) is 0 Å². The third kappa shape index (κ3) is 3.65. The van der Waals surface area contributed by atoms with Gasteiger partial charge in [-0.25, -0.2) is 0 Å². The lowest BCUT2D eigenvalue weighted by Gasteiger charge is -2.09. The van der Waals surface area contributed by atoms with E-state index >= 15 is 0 Å². The third-order valence-electron chi connectivity index (χ3n) is 2.73. The second-order valence-corrected chi connectivity index (χ2v) is 5.77. The van der Waals surface area contributed by atoms with Crippen molar-refractivity contribution >= 4 is 22.5 Å². The van der Waals surface area contributed by atoms with Crippen LogP contribution in [-0.2, 0) is 0 Å². The lowest BCUT2D eigenvalue weighted by atomic mass is 10.1. The van der Waals surface area contributed by atoms with E-state index in [0.717, 1.165) is 11.5 Å². The number of aliphatic hydroxyl groups is 1. The molecule has 0 saturated heterocycles. The van der Waals surface area contributed by atoms with E-state index in [-0.39, 0.29) is 11.9 Å². The van der Waals surface area contributed by atoms with Crippen LogP contribution in [0.5, 0.6) is 5.75 Å². The molecule has 0 amide bonds. The van der Waals surface area contributed by atoms with Gasteiger partial charge >= 0.3 is 0 Å². The van der Waals surface area contributed by atoms with Crippen molar-refractivity contribution in [1.82, 2.24) is 0 Å². The molecule has 96 valence electrons. The fourth-order valence-corrected chi connectivity index (χ4v) is 2.41. The minimum Gasteiger partial charge on any atom is -0.493 e. The minimum atomic E-state index is 0.223. The van der Waals surface area contributed by atoms with Crippen molar-refractivity contribution < 1.29 is 9.84 Å². The molecule has 0 saturated carbocycles. The summed E-state index contributed by atoms with van der Waals surface area (Å²) in [7, 11) is 0. The van der Waals surface area contributed by atoms with Crippen LogP contribution in [0, 0.1) is 0 Å². The SMILES string of the molecule is CC(CO)SCCOc1ccc2ccccc2c1. The van der Waals surface area contributed by atoms with E-state index in [2.05, 4.69) is 24.3 Å². The van der Waals surface area contributed by atoms with Crippen molar-refractivity contribution in [3.05, 3.63) is 42.5 Å². The molecule has 0 aliphatic rings. The number of hydrogen-bond donors (Lipinski definition) is 1. The average molecular weight is 262 g/mol. The molecule has 2 aromatic rings. The molecule has 2 nitrogen and oxygen atoms in total. The van der Waals surface area contributed by atoms with Crippen molar-refractivity contribution in [1.29, 1.82) is 0 Å². The maximum Gasteiger partial charge on any atom is 0.119 e. The highest BCUT2D eigenvalue weighted by atomic mass is 32.2. The number of thioether (sulfide) groups is 1. The van der Waals surface area contributed by atoms with Crippen molar-refractivity contribution in [3.8, 4) is 5.75 Å². The van der Waals surface area contributed by atoms with Crippen LogP contribution in [-0.4, -0.2) is 29.3 Å². The summed E-state index contributed by atoms with van der Waals surface area (Å²) in [4.78, 5) is 0. The summed E-state index contributed by atoms with van der Waals surface area (Å²) in [5.41, 5.74) is 0. The molecule has 2 aromatic carbocycles. The Morgan fingerprint density at radius 1 is 1.17 bits per heavy atom. The first-order valence-corrected chi connectivity index (χ1v) is 7.18. The monoisotopic (exact) mass is 262 g/mol. The van der Waals surface area contributed by atoms with E-state index in [1.165, 1.54) is 10.8 Å². The van der Waals surface area contributed by atoms with Gasteiger partial charge in [-0.2, -0.15) is 11.8 Å². The van der Waals surface area contributed by atoms with Gasteiger partial charge < -0.3 is 9.84 Å². The minimum absolute atomic E-state index is 0.223. The number of rotatable bonds is 6. The van der Waals surface area contributed by atoms with Crippen LogP contribution in [0.1, 0.15) is 6.92 Å². The Bertz CT molecular complexity index is 499. The lowest BCUT2D eigenvalue weighted by Crippen LogP contribution is -2.07. The topological polar surface area (TPSA) is 29.5 Å². The summed E-state index contributed by atoms with van der Waals surface area (Å²) >= 11 is 1.72. The quantitative estimate of drug-likeness (QED) is 0.810. The van der Waals surface area contributed by atoms with Gasteiger partial charge in [0, 0.05) is 11.0 Å². The molecule has 2 rings (SSSR count). The fraction of sp³-hybridized carbons (Fsp3) is 0.333. The van der Waals surface area contributed by atoms with Crippen LogP contribution in [0.15, 0.2) is 42.5 Å². The van der Waals surface area contributed by atoms with Crippen LogP contribution in [0.2, 0.25) is 0 Å². The van der Waals surface area contributed by atoms with Gasteiger partial charge in [0.1, 0.15) is 5.75 Å². The van der Waals surface area contributed by atoms with E-state index in [1.807, 2.05) is 25.1 Å². The Morgan fingerprint density at radius 2 is 1.94 bits per heavy atom. The maximum atomic E-state index is 8.91. The van der Waals surface area contributed by atoms with Gasteiger partial charge in [-0.1, -0.05) is 37.3 Å². The smallest absolute Gasteiger partial charge is 0.119 e. The van der Waals surface area contributed by atoms with Gasteiger partial charge in [0.05, 0.1) is 13.2 Å². The molecule has 0 bridgehead atoms. The largest absolute Gasteiger partial charge is 0.493 e. The van der Waals surface area contributed by atoms with Gasteiger partial charge in [0.2, 0.25) is 0 Å². The molecule has 1 atom stereocenters. The Hall–Kier alpha value is -1.19. The average Bonchev–Trinajstić information content (AvgIpc) is 2.43. The van der Waals surface area contributed by atoms with Crippen LogP contribution < -0.4 is 4.74 Å². The Labute approximate surface area is 112 Å². The zero-order valence-electron chi connectivity index (χ0n) is 10.5. The van der Waals surface area contributed by atoms with Crippen LogP contribution in [0.3, 0.4) is 0 Å². The summed E-state index contributed by atoms with van der Waals surface area (Å²) < 4.78 is 5.71. The molecule has 18 heavy (non-hydrogen) atoms. The van der Waals surface area contributed by atoms with Gasteiger partial charge in [0.15, 0.2) is 0 Å². The predicted octanol–water partition coefficient (Wildman–Crippen LogP) is 3.33. The van der Waals surface area contributed by atoms with Crippen LogP contribution in [0.25, 0.3) is 10.8 Å². The van der Waals surface area contributed by atoms with Gasteiger partial charge in [-0.15, -0.1) is 0 Å². The standard InChI is InChI=1S/C15H18O2S/c1-12(11-16)18-9-8-17-15-7-6-13-4-2-3-5-14(13)10-15/h2-7,10,12,16H,8-9,11H2,1H3. The Balaban J connectivity index is 1.88. The number of ether oxygens (including phenoxy) is 1. The first kappa shape index (κ1) is 13.2. The van der Waals surface area contributed by atoms with Crippen LogP contribution >= 0.6 is 11.8 Å². The molecule has 0 aromatic heterocycles. The predicted molar refractivity (Wildman–Crippen MR) is 78.4 cm³/mol. The first-order valence-electron chi connectivity index (χ1n) is 6.13. The maximum absolute atomic E-state index is 8.91. The molecule has 0 fully saturated rings. The number of aliphatic hydroxyl groups excluding tert-OH is 1. The van der Waals surface area contributed by atoms with Gasteiger partial charge in [-0.3, -0.25) is 0 Å². The molecule has 0 heterocycles. The van der Waals surface area contributed by atoms with Crippen molar-refractivity contribution in [3.63, 3.8) is 0 Å². The molecular weight excluding hydrogens is 244 g/mol. The first-order chi connectivity index (χ1) is 8.79. The van der Waals surface area contributed by atoms with E-state index in [4.69, 9.17) is 9.84 Å². The van der Waals surface area contributed by atoms with E-state index < -0.39 is 0 Å². The molecular formula is C15H18O2S. The highest BCUT2D eigenvalue weighted by molar-refractivity contribution is 7.99. The molecule has 0 aliphatic carbocycles. The molecule has 1 unspecified atom stereocenters. The zero-order chi connectivity index (χ0) is 12.8. The zero-order valence-corrected chi connectivity index (χ0v) is 11.3. The molecule has 0 spiro atoms. The summed E-state index contributed by atoms with van der Waals surface area (Å²) in [6, 6.07) is 14.4. The highest BCUT2D eigenvalue weighted by Gasteiger charge is 2.01. The Morgan fingerprint density at radius 3 is 2.72 bits per heavy atom. The normalized spacial score (nSPS) is 12.6. The van der Waals surface area contributed by atoms with E-state index in [1.54, 1.807) is 11.8 Å². The lowest BCUT2D eigenvalue weighted by molar-refractivity contribution is 0.299. The van der Waals surface area contributed by atoms with Crippen LogP contribution in [0.4, 0.5) is 0 Å². The molecule has 0 radical (unpaired) electrons. The molecule has 1 N–H and O–H groups in total. The van der Waals surface area contributed by atoms with Crippen molar-refractivity contribution in [2.45, 2.75) is 12.2 Å². The molecule has 3 heteroatoms. The van der Waals surface area contributed by atoms with Gasteiger partial charge in [-0.05, 0) is 22.9 Å². The number of hydrogen-bond acceptors (Lipinski definition) is 3. The summed E-state index contributed by atoms with van der Waals surface area (Å²) in [5.74, 6) is 1.81. The number of fused-ring (bicyclic) bond motifs is 1. The molecule has 0 aliphatic heterocycles. The summed E-state index contributed by atoms with van der Waals surface area (Å²) in [6.07, 6.45) is 0. The second-order valence-electron chi connectivity index (χ2n) is 4.22. The number of benzene rings is 2. The summed E-state index contributed by atoms with van der Waals surface area (Å²) in [6.45, 7) is 2.91. The Kier molecular flexibility index (Phi) is 4.90. The second kappa shape index (κ2) is 6.66. The van der Waals surface area contributed by atoms with E-state index in [0.29, 0.717) is 6.61 Å². The third-order valence-corrected chi connectivity index (χ3v) is 3.85. The summed E-state index contributed by atoms with van der Waals surface area (Å²) in [5, 5.41) is 11.6. The van der Waals surface area contributed by atoms with Crippen molar-refractivity contribution in [2.75, 3.05) is 19.0 Å².